The van der Waals surface area contributed by atoms with E-state index in [1.54, 1.807) is 6.20 Å². The number of aromatic nitrogens is 4. The minimum atomic E-state index is 0.439. The van der Waals surface area contributed by atoms with Crippen molar-refractivity contribution in [2.45, 2.75) is 39.0 Å². The third kappa shape index (κ3) is 4.22. The number of hydrogen-bond donors (Lipinski definition) is 1. The van der Waals surface area contributed by atoms with Gasteiger partial charge in [0.2, 0.25) is 4.77 Å². The molecule has 1 aliphatic rings. The smallest absolute Gasteiger partial charge is 0.203 e. The van der Waals surface area contributed by atoms with Crippen LogP contribution in [0.4, 0.5) is 0 Å². The zero-order valence-electron chi connectivity index (χ0n) is 17.3. The van der Waals surface area contributed by atoms with E-state index >= 15 is 0 Å². The second kappa shape index (κ2) is 9.36. The highest BCUT2D eigenvalue weighted by Crippen LogP contribution is 2.22. The molecule has 1 unspecified atom stereocenters. The average molecular weight is 423 g/mol. The molecule has 1 N–H and O–H groups in total. The molecule has 3 aromatic rings. The highest BCUT2D eigenvalue weighted by atomic mass is 32.1. The molecule has 30 heavy (non-hydrogen) atoms. The second-order valence-corrected chi connectivity index (χ2v) is 7.88. The van der Waals surface area contributed by atoms with E-state index in [9.17, 15) is 0 Å². The lowest BCUT2D eigenvalue weighted by Gasteiger charge is -2.21. The number of hydrogen-bond acceptors (Lipinski definition) is 4. The molecule has 4 rings (SSSR count). The van der Waals surface area contributed by atoms with Gasteiger partial charge in [-0.15, -0.1) is 11.7 Å². The number of nitrogens with zero attached hydrogens (tertiary/aromatic N) is 4. The van der Waals surface area contributed by atoms with Crippen molar-refractivity contribution < 1.29 is 9.64 Å². The van der Waals surface area contributed by atoms with Gasteiger partial charge in [0.25, 0.3) is 0 Å². The highest BCUT2D eigenvalue weighted by Gasteiger charge is 2.31. The van der Waals surface area contributed by atoms with E-state index in [0.717, 1.165) is 35.1 Å². The number of rotatable bonds is 8. The summed E-state index contributed by atoms with van der Waals surface area (Å²) >= 11 is 5.78. The van der Waals surface area contributed by atoms with E-state index in [1.165, 1.54) is 23.3 Å². The van der Waals surface area contributed by atoms with Crippen molar-refractivity contribution in [3.8, 4) is 17.1 Å². The van der Waals surface area contributed by atoms with Crippen molar-refractivity contribution in [2.24, 2.45) is 0 Å². The van der Waals surface area contributed by atoms with Crippen LogP contribution in [0.1, 0.15) is 31.4 Å². The Kier molecular flexibility index (Phi) is 6.40. The van der Waals surface area contributed by atoms with Crippen LogP contribution in [-0.4, -0.2) is 32.5 Å². The first-order valence-corrected chi connectivity index (χ1v) is 10.9. The summed E-state index contributed by atoms with van der Waals surface area (Å²) in [5, 5.41) is 4.88. The maximum absolute atomic E-state index is 5.78. The minimum absolute atomic E-state index is 0.439. The Morgan fingerprint density at radius 1 is 1.30 bits per heavy atom. The Hall–Kier alpha value is -2.77. The standard InChI is InChI=1S/C23H27N5OS/c1-3-14-27-22(19-7-5-13-24-16-19)25-28(23(27)30)17-26-15-6-8-21(26)18-9-11-20(12-10-18)29-4-2/h3,5,7,9-13,16,21H,1,4,6,8,14-15,17H2,2H3/p+1/t21-/m1/s1. The Bertz CT molecular complexity index is 1040. The Morgan fingerprint density at radius 3 is 2.83 bits per heavy atom. The first-order valence-electron chi connectivity index (χ1n) is 10.5. The van der Waals surface area contributed by atoms with Crippen molar-refractivity contribution in [3.05, 3.63) is 71.8 Å². The number of benzene rings is 1. The Balaban J connectivity index is 1.60. The number of quaternary nitrogens is 1. The van der Waals surface area contributed by atoms with E-state index in [2.05, 4.69) is 35.8 Å². The third-order valence-electron chi connectivity index (χ3n) is 5.58. The van der Waals surface area contributed by atoms with E-state index in [-0.39, 0.29) is 0 Å². The molecule has 3 heterocycles. The summed E-state index contributed by atoms with van der Waals surface area (Å²) < 4.78 is 10.3. The average Bonchev–Trinajstić information content (AvgIpc) is 3.36. The molecule has 156 valence electrons. The molecule has 1 aliphatic heterocycles. The summed E-state index contributed by atoms with van der Waals surface area (Å²) in [7, 11) is 0. The summed E-state index contributed by atoms with van der Waals surface area (Å²) in [5.41, 5.74) is 2.30. The lowest BCUT2D eigenvalue weighted by Crippen LogP contribution is -3.09. The van der Waals surface area contributed by atoms with Crippen molar-refractivity contribution in [2.75, 3.05) is 13.2 Å². The van der Waals surface area contributed by atoms with Crippen molar-refractivity contribution in [1.29, 1.82) is 0 Å². The molecule has 0 bridgehead atoms. The molecule has 2 atom stereocenters. The fourth-order valence-electron chi connectivity index (χ4n) is 4.20. The topological polar surface area (TPSA) is 49.3 Å². The van der Waals surface area contributed by atoms with Crippen LogP contribution in [0, 0.1) is 4.77 Å². The third-order valence-corrected chi connectivity index (χ3v) is 6.02. The van der Waals surface area contributed by atoms with Gasteiger partial charge in [0, 0.05) is 42.9 Å². The molecular formula is C23H28N5OS+. The summed E-state index contributed by atoms with van der Waals surface area (Å²) in [6.45, 7) is 9.05. The van der Waals surface area contributed by atoms with Crippen LogP contribution in [0.25, 0.3) is 11.4 Å². The monoisotopic (exact) mass is 422 g/mol. The summed E-state index contributed by atoms with van der Waals surface area (Å²) in [5.74, 6) is 1.76. The van der Waals surface area contributed by atoms with Crippen molar-refractivity contribution in [1.82, 2.24) is 19.3 Å². The minimum Gasteiger partial charge on any atom is -0.494 e. The van der Waals surface area contributed by atoms with Crippen molar-refractivity contribution in [3.63, 3.8) is 0 Å². The summed E-state index contributed by atoms with van der Waals surface area (Å²) in [6, 6.07) is 12.9. The summed E-state index contributed by atoms with van der Waals surface area (Å²) in [6.07, 6.45) is 7.81. The molecule has 0 spiro atoms. The molecule has 0 saturated carbocycles. The number of pyridine rings is 1. The van der Waals surface area contributed by atoms with E-state index < -0.39 is 0 Å². The van der Waals surface area contributed by atoms with Crippen LogP contribution in [-0.2, 0) is 13.2 Å². The van der Waals surface area contributed by atoms with Crippen LogP contribution < -0.4 is 9.64 Å². The number of nitrogens with one attached hydrogen (secondary N) is 1. The van der Waals surface area contributed by atoms with Gasteiger partial charge in [-0.3, -0.25) is 9.55 Å². The normalized spacial score (nSPS) is 18.4. The largest absolute Gasteiger partial charge is 0.494 e. The van der Waals surface area contributed by atoms with Crippen LogP contribution in [0.5, 0.6) is 5.75 Å². The molecule has 7 heteroatoms. The van der Waals surface area contributed by atoms with Crippen LogP contribution in [0.2, 0.25) is 0 Å². The number of allylic oxidation sites excluding steroid dienone is 1. The van der Waals surface area contributed by atoms with E-state index in [0.29, 0.717) is 19.2 Å². The zero-order valence-corrected chi connectivity index (χ0v) is 18.1. The van der Waals surface area contributed by atoms with Gasteiger partial charge in [-0.25, -0.2) is 0 Å². The van der Waals surface area contributed by atoms with Gasteiger partial charge in [-0.05, 0) is 55.5 Å². The van der Waals surface area contributed by atoms with Crippen molar-refractivity contribution >= 4 is 12.2 Å². The van der Waals surface area contributed by atoms with Gasteiger partial charge in [-0.2, -0.15) is 4.68 Å². The lowest BCUT2D eigenvalue weighted by atomic mass is 10.0. The fraction of sp³-hybridized carbons (Fsp3) is 0.348. The molecule has 0 aliphatic carbocycles. The fourth-order valence-corrected chi connectivity index (χ4v) is 4.47. The quantitative estimate of drug-likeness (QED) is 0.446. The first-order chi connectivity index (χ1) is 14.7. The molecule has 6 nitrogen and oxygen atoms in total. The molecule has 1 saturated heterocycles. The van der Waals surface area contributed by atoms with Gasteiger partial charge in [0.05, 0.1) is 13.2 Å². The Labute approximate surface area is 182 Å². The molecule has 0 radical (unpaired) electrons. The van der Waals surface area contributed by atoms with Gasteiger partial charge < -0.3 is 9.64 Å². The van der Waals surface area contributed by atoms with Gasteiger partial charge in [0.1, 0.15) is 11.8 Å². The maximum Gasteiger partial charge on any atom is 0.203 e. The first kappa shape index (κ1) is 20.5. The van der Waals surface area contributed by atoms with Gasteiger partial charge >= 0.3 is 0 Å². The summed E-state index contributed by atoms with van der Waals surface area (Å²) in [4.78, 5) is 5.72. The molecule has 1 aromatic carbocycles. The predicted molar refractivity (Wildman–Crippen MR) is 120 cm³/mol. The predicted octanol–water partition coefficient (Wildman–Crippen LogP) is 3.44. The maximum atomic E-state index is 5.78. The van der Waals surface area contributed by atoms with Crippen LogP contribution in [0.3, 0.4) is 0 Å². The Morgan fingerprint density at radius 2 is 2.13 bits per heavy atom. The SMILES string of the molecule is C=CCn1c(-c2cccnc2)nn(C[NH+]2CCC[C@@H]2c2ccc(OCC)cc2)c1=S. The van der Waals surface area contributed by atoms with Gasteiger partial charge in [0.15, 0.2) is 12.5 Å². The molecule has 0 amide bonds. The number of likely N-dealkylation sites (tertiary alicyclic amines) is 1. The van der Waals surface area contributed by atoms with Crippen LogP contribution >= 0.6 is 12.2 Å². The molecular weight excluding hydrogens is 394 g/mol. The zero-order chi connectivity index (χ0) is 20.9. The molecule has 2 aromatic heterocycles. The molecule has 1 fully saturated rings. The highest BCUT2D eigenvalue weighted by molar-refractivity contribution is 7.71. The van der Waals surface area contributed by atoms with E-state index in [1.807, 2.05) is 40.6 Å². The lowest BCUT2D eigenvalue weighted by molar-refractivity contribution is -0.941. The van der Waals surface area contributed by atoms with E-state index in [4.69, 9.17) is 22.1 Å². The number of ether oxygens (including phenoxy) is 1. The van der Waals surface area contributed by atoms with Crippen LogP contribution in [0.15, 0.2) is 61.4 Å². The van der Waals surface area contributed by atoms with Gasteiger partial charge in [-0.1, -0.05) is 6.08 Å². The second-order valence-electron chi connectivity index (χ2n) is 7.51.